The summed E-state index contributed by atoms with van der Waals surface area (Å²) < 4.78 is 13.6. The van der Waals surface area contributed by atoms with Crippen molar-refractivity contribution in [3.05, 3.63) is 41.5 Å². The normalized spacial score (nSPS) is 10.2. The maximum absolute atomic E-state index is 13.6. The molecule has 0 spiro atoms. The first kappa shape index (κ1) is 12.3. The van der Waals surface area contributed by atoms with Crippen molar-refractivity contribution in [2.75, 3.05) is 10.7 Å². The summed E-state index contributed by atoms with van der Waals surface area (Å²) in [6.45, 7) is 3.69. The van der Waals surface area contributed by atoms with E-state index in [-0.39, 0.29) is 5.82 Å². The van der Waals surface area contributed by atoms with E-state index in [1.807, 2.05) is 6.92 Å². The summed E-state index contributed by atoms with van der Waals surface area (Å²) in [5.41, 5.74) is 4.52. The lowest BCUT2D eigenvalue weighted by molar-refractivity contribution is 0.631. The molecule has 0 aliphatic carbocycles. The van der Waals surface area contributed by atoms with Crippen molar-refractivity contribution in [3.63, 3.8) is 0 Å². The van der Waals surface area contributed by atoms with E-state index < -0.39 is 0 Å². The molecule has 18 heavy (non-hydrogen) atoms. The Morgan fingerprint density at radius 1 is 1.17 bits per heavy atom. The SMILES string of the molecule is Cc1ccc(F)c(Nc2ncnc(NN)c2C)c1. The maximum atomic E-state index is 13.6. The van der Waals surface area contributed by atoms with Crippen LogP contribution in [0.4, 0.5) is 21.7 Å². The number of nitrogens with zero attached hydrogens (tertiary/aromatic N) is 2. The molecule has 0 atom stereocenters. The minimum atomic E-state index is -0.333. The van der Waals surface area contributed by atoms with Crippen molar-refractivity contribution in [1.29, 1.82) is 0 Å². The Balaban J connectivity index is 2.37. The average molecular weight is 247 g/mol. The van der Waals surface area contributed by atoms with Gasteiger partial charge in [0.1, 0.15) is 23.8 Å². The Kier molecular flexibility index (Phi) is 3.38. The smallest absolute Gasteiger partial charge is 0.148 e. The van der Waals surface area contributed by atoms with Gasteiger partial charge < -0.3 is 10.7 Å². The number of nitrogens with one attached hydrogen (secondary N) is 2. The van der Waals surface area contributed by atoms with Crippen LogP contribution in [0.1, 0.15) is 11.1 Å². The lowest BCUT2D eigenvalue weighted by Gasteiger charge is -2.11. The molecule has 1 aromatic carbocycles. The van der Waals surface area contributed by atoms with Crippen LogP contribution < -0.4 is 16.6 Å². The number of anilines is 3. The molecule has 0 amide bonds. The Labute approximate surface area is 104 Å². The highest BCUT2D eigenvalue weighted by atomic mass is 19.1. The quantitative estimate of drug-likeness (QED) is 0.573. The maximum Gasteiger partial charge on any atom is 0.148 e. The lowest BCUT2D eigenvalue weighted by Crippen LogP contribution is -2.11. The monoisotopic (exact) mass is 247 g/mol. The van der Waals surface area contributed by atoms with Crippen LogP contribution in [-0.2, 0) is 0 Å². The number of nitrogens with two attached hydrogens (primary N) is 1. The fourth-order valence-corrected chi connectivity index (χ4v) is 1.58. The Morgan fingerprint density at radius 3 is 2.61 bits per heavy atom. The van der Waals surface area contributed by atoms with Crippen molar-refractivity contribution in [2.24, 2.45) is 5.84 Å². The van der Waals surface area contributed by atoms with E-state index in [0.29, 0.717) is 17.3 Å². The van der Waals surface area contributed by atoms with Gasteiger partial charge in [-0.15, -0.1) is 0 Å². The topological polar surface area (TPSA) is 75.9 Å². The van der Waals surface area contributed by atoms with E-state index in [0.717, 1.165) is 11.1 Å². The fourth-order valence-electron chi connectivity index (χ4n) is 1.58. The van der Waals surface area contributed by atoms with Gasteiger partial charge >= 0.3 is 0 Å². The number of hydrazine groups is 1. The molecule has 2 aromatic rings. The van der Waals surface area contributed by atoms with Crippen molar-refractivity contribution < 1.29 is 4.39 Å². The molecule has 2 rings (SSSR count). The molecule has 0 radical (unpaired) electrons. The van der Waals surface area contributed by atoms with Gasteiger partial charge in [0.2, 0.25) is 0 Å². The molecular formula is C12H14FN5. The van der Waals surface area contributed by atoms with Gasteiger partial charge in [0.25, 0.3) is 0 Å². The van der Waals surface area contributed by atoms with Crippen molar-refractivity contribution in [3.8, 4) is 0 Å². The van der Waals surface area contributed by atoms with Crippen LogP contribution in [0.3, 0.4) is 0 Å². The number of hydrogen-bond donors (Lipinski definition) is 3. The van der Waals surface area contributed by atoms with Gasteiger partial charge in [-0.25, -0.2) is 20.2 Å². The van der Waals surface area contributed by atoms with E-state index >= 15 is 0 Å². The second kappa shape index (κ2) is 4.97. The van der Waals surface area contributed by atoms with Gasteiger partial charge in [0.05, 0.1) is 5.69 Å². The summed E-state index contributed by atoms with van der Waals surface area (Å²) in [6.07, 6.45) is 1.36. The zero-order valence-corrected chi connectivity index (χ0v) is 10.2. The molecule has 0 fully saturated rings. The summed E-state index contributed by atoms with van der Waals surface area (Å²) in [4.78, 5) is 8.03. The number of benzene rings is 1. The first-order valence-electron chi connectivity index (χ1n) is 5.43. The predicted molar refractivity (Wildman–Crippen MR) is 69.0 cm³/mol. The summed E-state index contributed by atoms with van der Waals surface area (Å²) in [5, 5.41) is 2.93. The third-order valence-corrected chi connectivity index (χ3v) is 2.60. The van der Waals surface area contributed by atoms with Gasteiger partial charge in [-0.05, 0) is 31.5 Å². The number of rotatable bonds is 3. The molecule has 6 heteroatoms. The highest BCUT2D eigenvalue weighted by Gasteiger charge is 2.08. The fraction of sp³-hybridized carbons (Fsp3) is 0.167. The van der Waals surface area contributed by atoms with Crippen LogP contribution >= 0.6 is 0 Å². The Morgan fingerprint density at radius 2 is 1.89 bits per heavy atom. The molecule has 1 heterocycles. The largest absolute Gasteiger partial charge is 0.337 e. The van der Waals surface area contributed by atoms with Crippen LogP contribution in [0.5, 0.6) is 0 Å². The van der Waals surface area contributed by atoms with E-state index in [1.54, 1.807) is 19.1 Å². The summed E-state index contributed by atoms with van der Waals surface area (Å²) in [5.74, 6) is 6.01. The van der Waals surface area contributed by atoms with E-state index in [9.17, 15) is 4.39 Å². The minimum absolute atomic E-state index is 0.333. The van der Waals surface area contributed by atoms with Crippen molar-refractivity contribution in [2.45, 2.75) is 13.8 Å². The standard InChI is InChI=1S/C12H14FN5/c1-7-3-4-9(13)10(5-7)17-11-8(2)12(18-14)16-6-15-11/h3-6H,14H2,1-2H3,(H2,15,16,17,18). The molecule has 94 valence electrons. The van der Waals surface area contributed by atoms with E-state index in [1.165, 1.54) is 12.4 Å². The average Bonchev–Trinajstić information content (AvgIpc) is 2.36. The van der Waals surface area contributed by atoms with Crippen molar-refractivity contribution in [1.82, 2.24) is 9.97 Å². The number of hydrogen-bond acceptors (Lipinski definition) is 5. The number of halogens is 1. The highest BCUT2D eigenvalue weighted by Crippen LogP contribution is 2.24. The van der Waals surface area contributed by atoms with Crippen LogP contribution in [0, 0.1) is 19.7 Å². The first-order valence-corrected chi connectivity index (χ1v) is 5.43. The molecule has 0 aliphatic heterocycles. The van der Waals surface area contributed by atoms with Crippen LogP contribution in [0.2, 0.25) is 0 Å². The van der Waals surface area contributed by atoms with Gasteiger partial charge in [-0.2, -0.15) is 0 Å². The van der Waals surface area contributed by atoms with E-state index in [4.69, 9.17) is 5.84 Å². The molecule has 0 unspecified atom stereocenters. The second-order valence-corrected chi connectivity index (χ2v) is 3.95. The zero-order chi connectivity index (χ0) is 13.1. The Bertz CT molecular complexity index is 570. The first-order chi connectivity index (χ1) is 8.61. The van der Waals surface area contributed by atoms with Crippen LogP contribution in [0.25, 0.3) is 0 Å². The van der Waals surface area contributed by atoms with Crippen LogP contribution in [-0.4, -0.2) is 9.97 Å². The molecule has 0 bridgehead atoms. The van der Waals surface area contributed by atoms with Gasteiger partial charge in [0.15, 0.2) is 0 Å². The molecular weight excluding hydrogens is 233 g/mol. The molecule has 4 N–H and O–H groups in total. The molecule has 5 nitrogen and oxygen atoms in total. The summed E-state index contributed by atoms with van der Waals surface area (Å²) in [6, 6.07) is 4.84. The van der Waals surface area contributed by atoms with Gasteiger partial charge in [-0.3, -0.25) is 0 Å². The van der Waals surface area contributed by atoms with Gasteiger partial charge in [0, 0.05) is 5.56 Å². The second-order valence-electron chi connectivity index (χ2n) is 3.95. The summed E-state index contributed by atoms with van der Waals surface area (Å²) >= 11 is 0. The van der Waals surface area contributed by atoms with Gasteiger partial charge in [-0.1, -0.05) is 6.07 Å². The number of aromatic nitrogens is 2. The summed E-state index contributed by atoms with van der Waals surface area (Å²) in [7, 11) is 0. The highest BCUT2D eigenvalue weighted by molar-refractivity contribution is 5.64. The molecule has 0 saturated heterocycles. The van der Waals surface area contributed by atoms with Crippen molar-refractivity contribution >= 4 is 17.3 Å². The van der Waals surface area contributed by atoms with E-state index in [2.05, 4.69) is 20.7 Å². The third kappa shape index (κ3) is 2.38. The zero-order valence-electron chi connectivity index (χ0n) is 10.2. The molecule has 0 saturated carbocycles. The van der Waals surface area contributed by atoms with Crippen LogP contribution in [0.15, 0.2) is 24.5 Å². The predicted octanol–water partition coefficient (Wildman–Crippen LogP) is 2.26. The molecule has 1 aromatic heterocycles. The Hall–Kier alpha value is -2.21. The molecule has 0 aliphatic rings. The number of nitrogen functional groups attached to an aromatic ring is 1. The third-order valence-electron chi connectivity index (χ3n) is 2.60. The number of aryl methyl sites for hydroxylation is 1. The lowest BCUT2D eigenvalue weighted by atomic mass is 10.2. The minimum Gasteiger partial charge on any atom is -0.337 e.